The van der Waals surface area contributed by atoms with Crippen molar-refractivity contribution in [2.24, 2.45) is 18.9 Å². The van der Waals surface area contributed by atoms with Gasteiger partial charge >= 0.3 is 5.97 Å². The number of allylic oxidation sites excluding steroid dienone is 4. The Balaban J connectivity index is 2.11. The number of aryl methyl sites for hydroxylation is 1. The third-order valence-electron chi connectivity index (χ3n) is 6.43. The Bertz CT molecular complexity index is 708. The number of carbonyl (C=O) groups excluding carboxylic acids is 2. The molecule has 1 aromatic heterocycles. The highest BCUT2D eigenvalue weighted by molar-refractivity contribution is 5.69. The van der Waals surface area contributed by atoms with Crippen LogP contribution < -0.4 is 0 Å². The average Bonchev–Trinajstić information content (AvgIpc) is 3.24. The van der Waals surface area contributed by atoms with Crippen LogP contribution in [0.5, 0.6) is 0 Å². The predicted molar refractivity (Wildman–Crippen MR) is 141 cm³/mol. The summed E-state index contributed by atoms with van der Waals surface area (Å²) in [6, 6.07) is 0. The first-order valence-corrected chi connectivity index (χ1v) is 13.5. The van der Waals surface area contributed by atoms with Crippen LogP contribution in [0.3, 0.4) is 0 Å². The molecule has 5 nitrogen and oxygen atoms in total. The van der Waals surface area contributed by atoms with Crippen LogP contribution >= 0.6 is 0 Å². The molecular formula is C29H48N2O3. The van der Waals surface area contributed by atoms with E-state index in [4.69, 9.17) is 4.74 Å². The number of hydrogen-bond acceptors (Lipinski definition) is 4. The number of rotatable bonds is 21. The Morgan fingerprint density at radius 1 is 1.00 bits per heavy atom. The smallest absolute Gasteiger partial charge is 0.305 e. The molecule has 0 amide bonds. The van der Waals surface area contributed by atoms with Gasteiger partial charge in [-0.05, 0) is 51.4 Å². The number of imidazole rings is 1. The molecule has 0 aliphatic rings. The fraction of sp³-hybridized carbons (Fsp3) is 0.690. The summed E-state index contributed by atoms with van der Waals surface area (Å²) in [5.41, 5.74) is 1.05. The van der Waals surface area contributed by atoms with Crippen molar-refractivity contribution in [3.8, 4) is 0 Å². The lowest BCUT2D eigenvalue weighted by atomic mass is 9.88. The molecule has 0 saturated heterocycles. The Labute approximate surface area is 208 Å². The molecule has 0 unspecified atom stereocenters. The Morgan fingerprint density at radius 3 is 2.29 bits per heavy atom. The van der Waals surface area contributed by atoms with Gasteiger partial charge in [0.2, 0.25) is 0 Å². The van der Waals surface area contributed by atoms with Gasteiger partial charge in [-0.15, -0.1) is 0 Å². The minimum Gasteiger partial charge on any atom is -0.465 e. The third-order valence-corrected chi connectivity index (χ3v) is 6.43. The van der Waals surface area contributed by atoms with Crippen LogP contribution in [0.2, 0.25) is 0 Å². The summed E-state index contributed by atoms with van der Waals surface area (Å²) >= 11 is 0. The molecule has 1 heterocycles. The number of unbranched alkanes of at least 4 members (excludes halogenated alkanes) is 8. The van der Waals surface area contributed by atoms with Crippen molar-refractivity contribution in [1.29, 1.82) is 0 Å². The zero-order chi connectivity index (χ0) is 24.9. The number of aromatic nitrogens is 2. The Kier molecular flexibility index (Phi) is 17.8. The number of hydrogen-bond donors (Lipinski definition) is 0. The highest BCUT2D eigenvalue weighted by Crippen LogP contribution is 2.20. The summed E-state index contributed by atoms with van der Waals surface area (Å²) in [6.07, 6.45) is 28.4. The van der Waals surface area contributed by atoms with E-state index < -0.39 is 0 Å². The third kappa shape index (κ3) is 14.2. The van der Waals surface area contributed by atoms with E-state index in [1.54, 1.807) is 6.33 Å². The van der Waals surface area contributed by atoms with Crippen LogP contribution in [0, 0.1) is 11.8 Å². The van der Waals surface area contributed by atoms with Gasteiger partial charge in [0, 0.05) is 37.2 Å². The summed E-state index contributed by atoms with van der Waals surface area (Å²) in [5, 5.41) is 0. The van der Waals surface area contributed by atoms with E-state index in [1.807, 2.05) is 24.7 Å². The highest BCUT2D eigenvalue weighted by atomic mass is 16.5. The molecule has 0 aliphatic heterocycles. The maximum absolute atomic E-state index is 12.2. The Morgan fingerprint density at radius 2 is 1.68 bits per heavy atom. The lowest BCUT2D eigenvalue weighted by molar-refractivity contribution is -0.146. The van der Waals surface area contributed by atoms with Crippen molar-refractivity contribution in [3.05, 3.63) is 42.5 Å². The SMILES string of the molecule is CCCCC/C=C\C/C=C\CCCCCCCC(=O)OC[C@H](Cc1cncn1C)[C@@H](C=O)CC. The van der Waals surface area contributed by atoms with E-state index >= 15 is 0 Å². The summed E-state index contributed by atoms with van der Waals surface area (Å²) in [5.74, 6) is -0.272. The molecule has 0 aromatic carbocycles. The molecule has 0 saturated carbocycles. The maximum atomic E-state index is 12.2. The van der Waals surface area contributed by atoms with E-state index in [0.717, 1.165) is 50.5 Å². The number of nitrogens with zero attached hydrogens (tertiary/aromatic N) is 2. The first kappa shape index (κ1) is 29.9. The van der Waals surface area contributed by atoms with Crippen LogP contribution in [-0.2, 0) is 27.8 Å². The molecule has 34 heavy (non-hydrogen) atoms. The van der Waals surface area contributed by atoms with E-state index in [2.05, 4.69) is 36.2 Å². The molecule has 192 valence electrons. The summed E-state index contributed by atoms with van der Waals surface area (Å²) in [4.78, 5) is 27.8. The minimum atomic E-state index is -0.151. The fourth-order valence-electron chi connectivity index (χ4n) is 4.08. The van der Waals surface area contributed by atoms with Crippen molar-refractivity contribution >= 4 is 12.3 Å². The van der Waals surface area contributed by atoms with E-state index in [-0.39, 0.29) is 17.8 Å². The van der Waals surface area contributed by atoms with Crippen LogP contribution in [0.1, 0.15) is 103 Å². The summed E-state index contributed by atoms with van der Waals surface area (Å²) in [7, 11) is 1.94. The van der Waals surface area contributed by atoms with Crippen LogP contribution in [0.4, 0.5) is 0 Å². The van der Waals surface area contributed by atoms with Gasteiger partial charge in [0.05, 0.1) is 12.9 Å². The van der Waals surface area contributed by atoms with Gasteiger partial charge in [-0.3, -0.25) is 4.79 Å². The van der Waals surface area contributed by atoms with Crippen molar-refractivity contribution in [1.82, 2.24) is 9.55 Å². The van der Waals surface area contributed by atoms with Gasteiger partial charge in [-0.25, -0.2) is 4.98 Å². The Hall–Kier alpha value is -2.17. The van der Waals surface area contributed by atoms with Gasteiger partial charge < -0.3 is 14.1 Å². The van der Waals surface area contributed by atoms with Gasteiger partial charge in [0.1, 0.15) is 6.29 Å². The van der Waals surface area contributed by atoms with Crippen molar-refractivity contribution in [2.45, 2.75) is 104 Å². The number of aldehydes is 1. The van der Waals surface area contributed by atoms with Gasteiger partial charge in [-0.1, -0.05) is 70.3 Å². The molecule has 2 atom stereocenters. The fourth-order valence-corrected chi connectivity index (χ4v) is 4.08. The van der Waals surface area contributed by atoms with Gasteiger partial charge in [-0.2, -0.15) is 0 Å². The summed E-state index contributed by atoms with van der Waals surface area (Å²) < 4.78 is 7.51. The molecular weight excluding hydrogens is 424 g/mol. The number of ether oxygens (including phenoxy) is 1. The van der Waals surface area contributed by atoms with Crippen LogP contribution in [0.25, 0.3) is 0 Å². The highest BCUT2D eigenvalue weighted by Gasteiger charge is 2.23. The molecule has 1 rings (SSSR count). The second-order valence-corrected chi connectivity index (χ2v) is 9.33. The quantitative estimate of drug-likeness (QED) is 0.0824. The number of esters is 1. The molecule has 5 heteroatoms. The average molecular weight is 473 g/mol. The molecule has 0 bridgehead atoms. The normalized spacial score (nSPS) is 13.5. The van der Waals surface area contributed by atoms with Crippen molar-refractivity contribution in [3.63, 3.8) is 0 Å². The lowest BCUT2D eigenvalue weighted by Crippen LogP contribution is -2.25. The second kappa shape index (κ2) is 20.2. The summed E-state index contributed by atoms with van der Waals surface area (Å²) in [6.45, 7) is 4.53. The van der Waals surface area contributed by atoms with Crippen molar-refractivity contribution in [2.75, 3.05) is 6.61 Å². The predicted octanol–water partition coefficient (Wildman–Crippen LogP) is 7.16. The molecule has 0 fully saturated rings. The van der Waals surface area contributed by atoms with Crippen LogP contribution in [-0.4, -0.2) is 28.4 Å². The zero-order valence-corrected chi connectivity index (χ0v) is 21.9. The first-order chi connectivity index (χ1) is 16.6. The second-order valence-electron chi connectivity index (χ2n) is 9.33. The zero-order valence-electron chi connectivity index (χ0n) is 21.9. The molecule has 0 spiro atoms. The monoisotopic (exact) mass is 472 g/mol. The first-order valence-electron chi connectivity index (χ1n) is 13.5. The maximum Gasteiger partial charge on any atom is 0.305 e. The minimum absolute atomic E-state index is 0.00791. The molecule has 0 radical (unpaired) electrons. The van der Waals surface area contributed by atoms with Crippen molar-refractivity contribution < 1.29 is 14.3 Å². The van der Waals surface area contributed by atoms with E-state index in [0.29, 0.717) is 19.4 Å². The number of carbonyl (C=O) groups is 2. The molecule has 0 N–H and O–H groups in total. The van der Waals surface area contributed by atoms with Gasteiger partial charge in [0.25, 0.3) is 0 Å². The standard InChI is InChI=1S/C29H48N2O3/c1-4-6-7-8-9-10-11-12-13-14-15-16-17-18-19-20-29(33)34-24-27(26(5-2)23-32)21-28-22-30-25-31(28)3/h9-10,12-13,22-23,25-27H,4-8,11,14-21,24H2,1-3H3/b10-9-,13-12-/t26-,27+/m1/s1. The molecule has 1 aromatic rings. The largest absolute Gasteiger partial charge is 0.465 e. The van der Waals surface area contributed by atoms with E-state index in [1.165, 1.54) is 38.5 Å². The van der Waals surface area contributed by atoms with Gasteiger partial charge in [0.15, 0.2) is 0 Å². The topological polar surface area (TPSA) is 61.2 Å². The van der Waals surface area contributed by atoms with E-state index in [9.17, 15) is 9.59 Å². The molecule has 0 aliphatic carbocycles. The van der Waals surface area contributed by atoms with Crippen LogP contribution in [0.15, 0.2) is 36.8 Å². The lowest BCUT2D eigenvalue weighted by Gasteiger charge is -2.22.